The van der Waals surface area contributed by atoms with Crippen LogP contribution in [0.25, 0.3) is 15.9 Å². The average Bonchev–Trinajstić information content (AvgIpc) is 3.53. The zero-order chi connectivity index (χ0) is 21.3. The molecule has 0 N–H and O–H groups in total. The number of benzene rings is 2. The summed E-state index contributed by atoms with van der Waals surface area (Å²) >= 11 is 5.39. The van der Waals surface area contributed by atoms with Gasteiger partial charge in [-0.1, -0.05) is 84.2 Å². The largest absolute Gasteiger partial charge is 0.247 e. The highest BCUT2D eigenvalue weighted by Gasteiger charge is 2.24. The normalized spacial score (nSPS) is 13.2. The van der Waals surface area contributed by atoms with E-state index in [-0.39, 0.29) is 0 Å². The second kappa shape index (κ2) is 8.89. The third kappa shape index (κ3) is 3.83. The molecule has 3 heterocycles. The molecule has 0 saturated carbocycles. The lowest BCUT2D eigenvalue weighted by Crippen LogP contribution is -1.99. The molecule has 7 heteroatoms. The zero-order valence-corrected chi connectivity index (χ0v) is 20.0. The lowest BCUT2D eigenvalue weighted by Gasteiger charge is -2.08. The van der Waals surface area contributed by atoms with E-state index in [0.717, 1.165) is 45.1 Å². The summed E-state index contributed by atoms with van der Waals surface area (Å²) in [6.45, 7) is 0. The van der Waals surface area contributed by atoms with Crippen LogP contribution in [-0.4, -0.2) is 25.3 Å². The minimum absolute atomic E-state index is 0.881. The molecule has 0 spiro atoms. The van der Waals surface area contributed by atoms with Gasteiger partial charge in [-0.05, 0) is 42.4 Å². The maximum absolute atomic E-state index is 5.13. The fourth-order valence-corrected chi connectivity index (χ4v) is 7.50. The summed E-state index contributed by atoms with van der Waals surface area (Å²) in [5, 5.41) is 12.5. The van der Waals surface area contributed by atoms with E-state index in [1.807, 2.05) is 11.3 Å². The van der Waals surface area contributed by atoms with Crippen LogP contribution in [0.4, 0.5) is 0 Å². The van der Waals surface area contributed by atoms with E-state index in [0.29, 0.717) is 0 Å². The minimum Gasteiger partial charge on any atom is -0.247 e. The van der Waals surface area contributed by atoms with Gasteiger partial charge >= 0.3 is 0 Å². The third-order valence-corrected chi connectivity index (χ3v) is 8.95. The van der Waals surface area contributed by atoms with Gasteiger partial charge in [-0.3, -0.25) is 0 Å². The van der Waals surface area contributed by atoms with E-state index in [2.05, 4.69) is 75.3 Å². The molecule has 0 unspecified atom stereocenters. The van der Waals surface area contributed by atoms with E-state index < -0.39 is 0 Å². The van der Waals surface area contributed by atoms with Crippen molar-refractivity contribution in [1.82, 2.24) is 19.6 Å². The van der Waals surface area contributed by atoms with E-state index in [4.69, 9.17) is 4.98 Å². The van der Waals surface area contributed by atoms with Crippen LogP contribution >= 0.6 is 34.9 Å². The number of thiophene rings is 1. The summed E-state index contributed by atoms with van der Waals surface area (Å²) in [7, 11) is 0. The van der Waals surface area contributed by atoms with Gasteiger partial charge in [0.2, 0.25) is 0 Å². The highest BCUT2D eigenvalue weighted by Crippen LogP contribution is 2.40. The molecule has 4 nitrogen and oxygen atoms in total. The van der Waals surface area contributed by atoms with Gasteiger partial charge in [0.1, 0.15) is 4.83 Å². The Hall–Kier alpha value is -2.35. The molecule has 0 fully saturated rings. The SMILES string of the molecule is c1ccc(CCSc2nnc3c4c5c(sc4nc(SCc4ccccc4)n23)CCC5)cc1. The molecule has 160 valence electrons. The Balaban J connectivity index is 1.37. The molecule has 0 amide bonds. The molecule has 0 radical (unpaired) electrons. The van der Waals surface area contributed by atoms with Gasteiger partial charge in [0.25, 0.3) is 0 Å². The molecule has 32 heavy (non-hydrogen) atoms. The summed E-state index contributed by atoms with van der Waals surface area (Å²) in [6, 6.07) is 21.2. The molecule has 0 saturated heterocycles. The van der Waals surface area contributed by atoms with Crippen LogP contribution in [0.3, 0.4) is 0 Å². The van der Waals surface area contributed by atoms with Crippen molar-refractivity contribution in [1.29, 1.82) is 0 Å². The quantitative estimate of drug-likeness (QED) is 0.200. The first-order chi connectivity index (χ1) is 15.9. The number of rotatable bonds is 7. The van der Waals surface area contributed by atoms with Gasteiger partial charge in [0.15, 0.2) is 16.0 Å². The number of hydrogen-bond acceptors (Lipinski definition) is 6. The van der Waals surface area contributed by atoms with Crippen LogP contribution in [0.5, 0.6) is 0 Å². The van der Waals surface area contributed by atoms with Crippen molar-refractivity contribution in [3.05, 3.63) is 82.2 Å². The van der Waals surface area contributed by atoms with E-state index in [1.165, 1.54) is 39.8 Å². The molecule has 0 bridgehead atoms. The summed E-state index contributed by atoms with van der Waals surface area (Å²) in [5.74, 6) is 1.85. The average molecular weight is 475 g/mol. The first-order valence-corrected chi connectivity index (χ1v) is 13.7. The van der Waals surface area contributed by atoms with Crippen LogP contribution in [-0.2, 0) is 25.0 Å². The molecule has 3 aromatic heterocycles. The Kier molecular flexibility index (Phi) is 5.63. The van der Waals surface area contributed by atoms with E-state index in [1.54, 1.807) is 23.5 Å². The van der Waals surface area contributed by atoms with Crippen molar-refractivity contribution in [2.45, 2.75) is 41.7 Å². The second-order valence-corrected chi connectivity index (χ2v) is 11.0. The standard InChI is InChI=1S/C25H22N4S3/c1-3-8-17(9-4-1)14-15-30-25-28-27-22-21-19-12-7-13-20(19)32-23(21)26-24(29(22)25)31-16-18-10-5-2-6-11-18/h1-6,8-11H,7,12-16H2. The van der Waals surface area contributed by atoms with Gasteiger partial charge in [-0.2, -0.15) is 0 Å². The van der Waals surface area contributed by atoms with Crippen molar-refractivity contribution in [3.8, 4) is 0 Å². The molecule has 5 aromatic rings. The Morgan fingerprint density at radius 3 is 2.44 bits per heavy atom. The Labute approximate surface area is 199 Å². The number of thioether (sulfide) groups is 2. The summed E-state index contributed by atoms with van der Waals surface area (Å²) in [6.07, 6.45) is 4.55. The summed E-state index contributed by atoms with van der Waals surface area (Å²) < 4.78 is 2.21. The van der Waals surface area contributed by atoms with E-state index in [9.17, 15) is 0 Å². The molecule has 6 rings (SSSR count). The highest BCUT2D eigenvalue weighted by atomic mass is 32.2. The Morgan fingerprint density at radius 1 is 0.844 bits per heavy atom. The molecule has 1 aliphatic carbocycles. The van der Waals surface area contributed by atoms with Crippen molar-refractivity contribution in [3.63, 3.8) is 0 Å². The van der Waals surface area contributed by atoms with Crippen molar-refractivity contribution in [2.24, 2.45) is 0 Å². The fourth-order valence-electron chi connectivity index (χ4n) is 4.26. The zero-order valence-electron chi connectivity index (χ0n) is 17.5. The topological polar surface area (TPSA) is 43.1 Å². The number of hydrogen-bond donors (Lipinski definition) is 0. The van der Waals surface area contributed by atoms with Gasteiger partial charge in [-0.15, -0.1) is 21.5 Å². The number of aryl methyl sites for hydroxylation is 3. The molecular formula is C25H22N4S3. The fraction of sp³-hybridized carbons (Fsp3) is 0.240. The highest BCUT2D eigenvalue weighted by molar-refractivity contribution is 7.99. The van der Waals surface area contributed by atoms with Crippen molar-refractivity contribution in [2.75, 3.05) is 5.75 Å². The second-order valence-electron chi connectivity index (χ2n) is 7.93. The molecular weight excluding hydrogens is 453 g/mol. The molecule has 0 atom stereocenters. The number of aromatic nitrogens is 4. The van der Waals surface area contributed by atoms with Gasteiger partial charge < -0.3 is 0 Å². The number of fused-ring (bicyclic) bond motifs is 5. The minimum atomic E-state index is 0.881. The maximum Gasteiger partial charge on any atom is 0.197 e. The lowest BCUT2D eigenvalue weighted by atomic mass is 10.2. The van der Waals surface area contributed by atoms with Crippen molar-refractivity contribution >= 4 is 50.7 Å². The predicted octanol–water partition coefficient (Wildman–Crippen LogP) is 6.45. The van der Waals surface area contributed by atoms with Gasteiger partial charge in [0, 0.05) is 16.4 Å². The Bertz CT molecular complexity index is 1380. The molecule has 1 aliphatic rings. The maximum atomic E-state index is 5.13. The van der Waals surface area contributed by atoms with Gasteiger partial charge in [-0.25, -0.2) is 9.38 Å². The first kappa shape index (κ1) is 20.3. The first-order valence-electron chi connectivity index (χ1n) is 10.9. The monoisotopic (exact) mass is 474 g/mol. The van der Waals surface area contributed by atoms with Crippen LogP contribution in [0.15, 0.2) is 71.0 Å². The van der Waals surface area contributed by atoms with E-state index >= 15 is 0 Å². The smallest absolute Gasteiger partial charge is 0.197 e. The van der Waals surface area contributed by atoms with Crippen LogP contribution < -0.4 is 0 Å². The third-order valence-electron chi connectivity index (χ3n) is 5.82. The van der Waals surface area contributed by atoms with Gasteiger partial charge in [0.05, 0.1) is 5.39 Å². The summed E-state index contributed by atoms with van der Waals surface area (Å²) in [4.78, 5) is 7.74. The lowest BCUT2D eigenvalue weighted by molar-refractivity contribution is 0.816. The Morgan fingerprint density at radius 2 is 1.62 bits per heavy atom. The molecule has 0 aliphatic heterocycles. The van der Waals surface area contributed by atoms with Crippen LogP contribution in [0.1, 0.15) is 28.0 Å². The number of nitrogens with zero attached hydrogens (tertiary/aromatic N) is 4. The van der Waals surface area contributed by atoms with Crippen LogP contribution in [0.2, 0.25) is 0 Å². The van der Waals surface area contributed by atoms with Crippen LogP contribution in [0, 0.1) is 0 Å². The summed E-state index contributed by atoms with van der Waals surface area (Å²) in [5.41, 5.74) is 5.08. The molecule has 2 aromatic carbocycles. The van der Waals surface area contributed by atoms with Crippen molar-refractivity contribution < 1.29 is 0 Å². The predicted molar refractivity (Wildman–Crippen MR) is 135 cm³/mol.